The van der Waals surface area contributed by atoms with Crippen molar-refractivity contribution in [3.63, 3.8) is 0 Å². The molecule has 0 aliphatic rings. The van der Waals surface area contributed by atoms with Crippen LogP contribution in [0.15, 0.2) is 84.4 Å². The van der Waals surface area contributed by atoms with E-state index in [4.69, 9.17) is 4.74 Å². The van der Waals surface area contributed by atoms with Gasteiger partial charge in [-0.2, -0.15) is 0 Å². The normalized spacial score (nSPS) is 11.4. The quantitative estimate of drug-likeness (QED) is 0.301. The van der Waals surface area contributed by atoms with Gasteiger partial charge < -0.3 is 10.1 Å². The highest BCUT2D eigenvalue weighted by atomic mass is 32.2. The molecule has 198 valence electrons. The van der Waals surface area contributed by atoms with E-state index < -0.39 is 26.6 Å². The summed E-state index contributed by atoms with van der Waals surface area (Å²) < 4.78 is 62.2. The van der Waals surface area contributed by atoms with Crippen LogP contribution in [0.3, 0.4) is 0 Å². The highest BCUT2D eigenvalue weighted by Crippen LogP contribution is 2.31. The number of anilines is 1. The van der Waals surface area contributed by atoms with Crippen LogP contribution >= 0.6 is 0 Å². The van der Waals surface area contributed by atoms with E-state index in [0.717, 1.165) is 17.7 Å². The molecule has 0 saturated carbocycles. The van der Waals surface area contributed by atoms with Crippen molar-refractivity contribution in [2.45, 2.75) is 11.4 Å². The Labute approximate surface area is 221 Å². The maximum Gasteiger partial charge on any atom is 0.270 e. The average Bonchev–Trinajstić information content (AvgIpc) is 3.35. The number of benzene rings is 1. The monoisotopic (exact) mass is 550 g/mol. The van der Waals surface area contributed by atoms with Crippen molar-refractivity contribution in [1.29, 1.82) is 0 Å². The number of methoxy groups -OCH3 is 1. The molecule has 1 amide bonds. The second kappa shape index (κ2) is 10.5. The SMILES string of the molecule is COc1ncc(-c2ccc3ncc(C(=O)NCc4ccncc4)n3c2)cc1NS(=O)(=O)c1ccc(F)cc1F. The summed E-state index contributed by atoms with van der Waals surface area (Å²) in [4.78, 5) is 24.5. The molecule has 0 aliphatic carbocycles. The predicted molar refractivity (Wildman–Crippen MR) is 138 cm³/mol. The summed E-state index contributed by atoms with van der Waals surface area (Å²) >= 11 is 0. The third-order valence-electron chi connectivity index (χ3n) is 5.75. The Morgan fingerprint density at radius 1 is 1.00 bits per heavy atom. The molecule has 0 unspecified atom stereocenters. The largest absolute Gasteiger partial charge is 0.480 e. The van der Waals surface area contributed by atoms with Crippen molar-refractivity contribution in [2.24, 2.45) is 0 Å². The van der Waals surface area contributed by atoms with Gasteiger partial charge >= 0.3 is 0 Å². The lowest BCUT2D eigenvalue weighted by molar-refractivity contribution is 0.0945. The molecule has 0 saturated heterocycles. The molecule has 5 rings (SSSR count). The molecule has 0 bridgehead atoms. The number of carbonyl (C=O) groups is 1. The van der Waals surface area contributed by atoms with Crippen LogP contribution in [-0.4, -0.2) is 40.8 Å². The highest BCUT2D eigenvalue weighted by molar-refractivity contribution is 7.92. The smallest absolute Gasteiger partial charge is 0.270 e. The third-order valence-corrected chi connectivity index (χ3v) is 7.15. The Balaban J connectivity index is 1.45. The number of aromatic nitrogens is 4. The first kappa shape index (κ1) is 25.7. The number of sulfonamides is 1. The van der Waals surface area contributed by atoms with Crippen molar-refractivity contribution in [1.82, 2.24) is 24.7 Å². The minimum atomic E-state index is -4.45. The van der Waals surface area contributed by atoms with Gasteiger partial charge in [0, 0.05) is 48.5 Å². The molecule has 1 aromatic carbocycles. The van der Waals surface area contributed by atoms with E-state index in [1.807, 2.05) is 0 Å². The molecule has 4 heterocycles. The predicted octanol–water partition coefficient (Wildman–Crippen LogP) is 3.81. The van der Waals surface area contributed by atoms with Crippen molar-refractivity contribution in [3.05, 3.63) is 102 Å². The molecule has 13 heteroatoms. The number of nitrogens with one attached hydrogen (secondary N) is 2. The number of rotatable bonds is 8. The van der Waals surface area contributed by atoms with Gasteiger partial charge in [0.15, 0.2) is 0 Å². The minimum Gasteiger partial charge on any atom is -0.480 e. The molecule has 0 radical (unpaired) electrons. The van der Waals surface area contributed by atoms with Gasteiger partial charge in [-0.25, -0.2) is 27.2 Å². The topological polar surface area (TPSA) is 128 Å². The van der Waals surface area contributed by atoms with Gasteiger partial charge in [0.05, 0.1) is 13.3 Å². The minimum absolute atomic E-state index is 0.0651. The van der Waals surface area contributed by atoms with Crippen molar-refractivity contribution in [2.75, 3.05) is 11.8 Å². The van der Waals surface area contributed by atoms with Crippen LogP contribution in [0.25, 0.3) is 16.8 Å². The number of carbonyl (C=O) groups excluding carboxylic acids is 1. The zero-order valence-electron chi connectivity index (χ0n) is 20.3. The number of imidazole rings is 1. The van der Waals surface area contributed by atoms with E-state index in [0.29, 0.717) is 29.4 Å². The summed E-state index contributed by atoms with van der Waals surface area (Å²) in [6.07, 6.45) is 7.83. The molecule has 10 nitrogen and oxygen atoms in total. The first-order valence-electron chi connectivity index (χ1n) is 11.4. The van der Waals surface area contributed by atoms with Gasteiger partial charge in [-0.05, 0) is 48.0 Å². The second-order valence-corrected chi connectivity index (χ2v) is 9.94. The average molecular weight is 551 g/mol. The van der Waals surface area contributed by atoms with E-state index in [9.17, 15) is 22.0 Å². The Hall–Kier alpha value is -4.91. The maximum absolute atomic E-state index is 14.2. The summed E-state index contributed by atoms with van der Waals surface area (Å²) in [5.74, 6) is -2.57. The molecule has 0 aliphatic heterocycles. The van der Waals surface area contributed by atoms with E-state index in [1.54, 1.807) is 47.3 Å². The summed E-state index contributed by atoms with van der Waals surface area (Å²) in [6.45, 7) is 0.300. The van der Waals surface area contributed by atoms with Gasteiger partial charge in [0.2, 0.25) is 5.88 Å². The molecule has 0 spiro atoms. The van der Waals surface area contributed by atoms with Gasteiger partial charge in [-0.15, -0.1) is 0 Å². The van der Waals surface area contributed by atoms with Crippen LogP contribution in [0.4, 0.5) is 14.5 Å². The number of hydrogen-bond acceptors (Lipinski definition) is 7. The molecular weight excluding hydrogens is 530 g/mol. The fourth-order valence-electron chi connectivity index (χ4n) is 3.83. The Morgan fingerprint density at radius 3 is 2.54 bits per heavy atom. The van der Waals surface area contributed by atoms with Crippen molar-refractivity contribution >= 4 is 27.3 Å². The summed E-state index contributed by atoms with van der Waals surface area (Å²) in [7, 11) is -3.15. The number of halogens is 2. The first-order valence-corrected chi connectivity index (χ1v) is 12.9. The van der Waals surface area contributed by atoms with Crippen molar-refractivity contribution < 1.29 is 26.7 Å². The van der Waals surface area contributed by atoms with Crippen LogP contribution in [0.5, 0.6) is 5.88 Å². The lowest BCUT2D eigenvalue weighted by atomic mass is 10.1. The Bertz CT molecular complexity index is 1800. The van der Waals surface area contributed by atoms with Crippen LogP contribution in [0.1, 0.15) is 16.1 Å². The number of pyridine rings is 3. The van der Waals surface area contributed by atoms with Crippen LogP contribution < -0.4 is 14.8 Å². The molecule has 0 fully saturated rings. The van der Waals surface area contributed by atoms with E-state index in [1.165, 1.54) is 25.6 Å². The summed E-state index contributed by atoms with van der Waals surface area (Å²) in [5, 5.41) is 2.84. The van der Waals surface area contributed by atoms with Gasteiger partial charge in [0.1, 0.15) is 33.6 Å². The molecular formula is C26H20F2N6O4S. The number of ether oxygens (including phenoxy) is 1. The number of amides is 1. The summed E-state index contributed by atoms with van der Waals surface area (Å²) in [6, 6.07) is 10.6. The molecule has 5 aromatic rings. The fourth-order valence-corrected chi connectivity index (χ4v) is 4.94. The van der Waals surface area contributed by atoms with Gasteiger partial charge in [0.25, 0.3) is 15.9 Å². The molecule has 2 N–H and O–H groups in total. The zero-order valence-corrected chi connectivity index (χ0v) is 21.1. The zero-order chi connectivity index (χ0) is 27.6. The lowest BCUT2D eigenvalue weighted by Gasteiger charge is -2.13. The number of nitrogens with zero attached hydrogens (tertiary/aromatic N) is 4. The van der Waals surface area contributed by atoms with E-state index in [-0.39, 0.29) is 23.2 Å². The lowest BCUT2D eigenvalue weighted by Crippen LogP contribution is -2.24. The van der Waals surface area contributed by atoms with Crippen LogP contribution in [0.2, 0.25) is 0 Å². The van der Waals surface area contributed by atoms with Crippen molar-refractivity contribution in [3.8, 4) is 17.0 Å². The molecule has 4 aromatic heterocycles. The first-order chi connectivity index (χ1) is 18.7. The maximum atomic E-state index is 14.2. The van der Waals surface area contributed by atoms with Crippen LogP contribution in [-0.2, 0) is 16.6 Å². The molecule has 39 heavy (non-hydrogen) atoms. The highest BCUT2D eigenvalue weighted by Gasteiger charge is 2.22. The second-order valence-electron chi connectivity index (χ2n) is 8.29. The third kappa shape index (κ3) is 5.38. The number of hydrogen-bond donors (Lipinski definition) is 2. The Morgan fingerprint density at radius 2 is 1.79 bits per heavy atom. The van der Waals surface area contributed by atoms with E-state index in [2.05, 4.69) is 25.0 Å². The van der Waals surface area contributed by atoms with E-state index >= 15 is 0 Å². The van der Waals surface area contributed by atoms with Crippen LogP contribution in [0, 0.1) is 11.6 Å². The number of fused-ring (bicyclic) bond motifs is 1. The fraction of sp³-hybridized carbons (Fsp3) is 0.0769. The Kier molecular flexibility index (Phi) is 6.90. The summed E-state index contributed by atoms with van der Waals surface area (Å²) in [5.41, 5.74) is 2.66. The standard InChI is InChI=1S/C26H20F2N6O4S/c1-38-26-21(33-39(36,37)23-4-3-19(27)11-20(23)28)10-18(13-32-26)17-2-5-24-30-14-22(34(24)15-17)25(35)31-12-16-6-8-29-9-7-16/h2-11,13-15,33H,12H2,1H3,(H,31,35). The van der Waals surface area contributed by atoms with Gasteiger partial charge in [-0.3, -0.25) is 18.9 Å². The molecule has 0 atom stereocenters. The van der Waals surface area contributed by atoms with Gasteiger partial charge in [-0.1, -0.05) is 0 Å².